The third-order valence-electron chi connectivity index (χ3n) is 5.22. The zero-order valence-corrected chi connectivity index (χ0v) is 18.0. The van der Waals surface area contributed by atoms with Crippen LogP contribution in [0.25, 0.3) is 0 Å². The van der Waals surface area contributed by atoms with Crippen LogP contribution in [0.5, 0.6) is 5.75 Å². The lowest BCUT2D eigenvalue weighted by molar-refractivity contribution is -0.131. The number of benzene rings is 2. The fourth-order valence-corrected chi connectivity index (χ4v) is 5.09. The van der Waals surface area contributed by atoms with Crippen molar-refractivity contribution in [3.8, 4) is 5.75 Å². The van der Waals surface area contributed by atoms with Crippen molar-refractivity contribution < 1.29 is 17.9 Å². The summed E-state index contributed by atoms with van der Waals surface area (Å²) >= 11 is 0. The van der Waals surface area contributed by atoms with Gasteiger partial charge >= 0.3 is 0 Å². The lowest BCUT2D eigenvalue weighted by Crippen LogP contribution is -2.46. The summed E-state index contributed by atoms with van der Waals surface area (Å²) in [6, 6.07) is 13.5. The Kier molecular flexibility index (Phi) is 6.47. The van der Waals surface area contributed by atoms with E-state index in [1.54, 1.807) is 35.2 Å². The third-order valence-corrected chi connectivity index (χ3v) is 7.00. The Hall–Kier alpha value is -2.54. The average molecular weight is 417 g/mol. The monoisotopic (exact) mass is 416 g/mol. The van der Waals surface area contributed by atoms with Crippen LogP contribution in [-0.2, 0) is 14.8 Å². The SMILES string of the molecule is COc1ccc(C)cc1N(CC(=O)N1CCCC(C)C1)S(=O)(=O)c1ccccc1. The van der Waals surface area contributed by atoms with E-state index in [0.717, 1.165) is 18.4 Å². The minimum absolute atomic E-state index is 0.142. The number of nitrogens with zero attached hydrogens (tertiary/aromatic N) is 2. The van der Waals surface area contributed by atoms with Crippen LogP contribution in [0.3, 0.4) is 0 Å². The molecular weight excluding hydrogens is 388 g/mol. The highest BCUT2D eigenvalue weighted by Gasteiger charge is 2.32. The molecule has 0 spiro atoms. The zero-order chi connectivity index (χ0) is 21.0. The summed E-state index contributed by atoms with van der Waals surface area (Å²) in [4.78, 5) is 15.0. The normalized spacial score (nSPS) is 17.1. The molecule has 2 aromatic carbocycles. The van der Waals surface area contributed by atoms with Crippen LogP contribution in [-0.4, -0.2) is 46.0 Å². The molecule has 0 aliphatic carbocycles. The molecule has 1 unspecified atom stereocenters. The third kappa shape index (κ3) is 4.72. The van der Waals surface area contributed by atoms with Gasteiger partial charge in [-0.1, -0.05) is 31.2 Å². The average Bonchev–Trinajstić information content (AvgIpc) is 2.72. The Morgan fingerprint density at radius 1 is 1.21 bits per heavy atom. The number of carbonyl (C=O) groups is 1. The van der Waals surface area contributed by atoms with Gasteiger partial charge in [-0.05, 0) is 55.5 Å². The number of methoxy groups -OCH3 is 1. The van der Waals surface area contributed by atoms with Crippen LogP contribution in [0.1, 0.15) is 25.3 Å². The summed E-state index contributed by atoms with van der Waals surface area (Å²) in [5.74, 6) is 0.634. The van der Waals surface area contributed by atoms with E-state index in [4.69, 9.17) is 4.74 Å². The molecule has 156 valence electrons. The highest BCUT2D eigenvalue weighted by molar-refractivity contribution is 7.92. The molecular formula is C22H28N2O4S. The second kappa shape index (κ2) is 8.86. The highest BCUT2D eigenvalue weighted by atomic mass is 32.2. The van der Waals surface area contributed by atoms with Crippen LogP contribution in [0.4, 0.5) is 5.69 Å². The molecule has 3 rings (SSSR count). The molecule has 0 saturated carbocycles. The van der Waals surface area contributed by atoms with Gasteiger partial charge in [-0.3, -0.25) is 9.10 Å². The fourth-order valence-electron chi connectivity index (χ4n) is 3.65. The van der Waals surface area contributed by atoms with E-state index in [2.05, 4.69) is 6.92 Å². The predicted octanol–water partition coefficient (Wildman–Crippen LogP) is 3.46. The van der Waals surface area contributed by atoms with Crippen molar-refractivity contribution in [2.75, 3.05) is 31.0 Å². The highest BCUT2D eigenvalue weighted by Crippen LogP contribution is 2.33. The van der Waals surface area contributed by atoms with Crippen LogP contribution in [0.2, 0.25) is 0 Å². The van der Waals surface area contributed by atoms with Crippen molar-refractivity contribution in [3.63, 3.8) is 0 Å². The van der Waals surface area contributed by atoms with Gasteiger partial charge in [0.15, 0.2) is 0 Å². The largest absolute Gasteiger partial charge is 0.495 e. The summed E-state index contributed by atoms with van der Waals surface area (Å²) in [6.45, 7) is 5.05. The number of aryl methyl sites for hydroxylation is 1. The molecule has 2 aromatic rings. The van der Waals surface area contributed by atoms with Crippen molar-refractivity contribution in [1.29, 1.82) is 0 Å². The van der Waals surface area contributed by atoms with Gasteiger partial charge in [0.2, 0.25) is 5.91 Å². The lowest BCUT2D eigenvalue weighted by Gasteiger charge is -2.33. The lowest BCUT2D eigenvalue weighted by atomic mass is 10.0. The number of amides is 1. The smallest absolute Gasteiger partial charge is 0.264 e. The maximum absolute atomic E-state index is 13.5. The number of rotatable bonds is 6. The van der Waals surface area contributed by atoms with E-state index in [0.29, 0.717) is 30.4 Å². The predicted molar refractivity (Wildman–Crippen MR) is 114 cm³/mol. The van der Waals surface area contributed by atoms with E-state index in [-0.39, 0.29) is 17.3 Å². The van der Waals surface area contributed by atoms with E-state index >= 15 is 0 Å². The van der Waals surface area contributed by atoms with Gasteiger partial charge in [-0.2, -0.15) is 0 Å². The fraction of sp³-hybridized carbons (Fsp3) is 0.409. The Balaban J connectivity index is 2.03. The molecule has 1 amide bonds. The van der Waals surface area contributed by atoms with Gasteiger partial charge in [0.05, 0.1) is 17.7 Å². The van der Waals surface area contributed by atoms with Crippen molar-refractivity contribution in [3.05, 3.63) is 54.1 Å². The van der Waals surface area contributed by atoms with Gasteiger partial charge < -0.3 is 9.64 Å². The van der Waals surface area contributed by atoms with Crippen molar-refractivity contribution >= 4 is 21.6 Å². The first-order valence-corrected chi connectivity index (χ1v) is 11.3. The maximum atomic E-state index is 13.5. The summed E-state index contributed by atoms with van der Waals surface area (Å²) in [7, 11) is -2.45. The molecule has 7 heteroatoms. The molecule has 29 heavy (non-hydrogen) atoms. The van der Waals surface area contributed by atoms with Crippen LogP contribution < -0.4 is 9.04 Å². The second-order valence-corrected chi connectivity index (χ2v) is 9.45. The van der Waals surface area contributed by atoms with E-state index in [1.807, 2.05) is 13.0 Å². The second-order valence-electron chi connectivity index (χ2n) is 7.59. The van der Waals surface area contributed by atoms with Crippen molar-refractivity contribution in [2.45, 2.75) is 31.6 Å². The molecule has 1 saturated heterocycles. The molecule has 1 atom stereocenters. The Morgan fingerprint density at radius 3 is 2.59 bits per heavy atom. The zero-order valence-electron chi connectivity index (χ0n) is 17.2. The summed E-state index contributed by atoms with van der Waals surface area (Å²) < 4.78 is 33.6. The summed E-state index contributed by atoms with van der Waals surface area (Å²) in [5, 5.41) is 0. The van der Waals surface area contributed by atoms with Gasteiger partial charge in [0, 0.05) is 13.1 Å². The molecule has 0 aromatic heterocycles. The first-order valence-electron chi connectivity index (χ1n) is 9.83. The number of likely N-dealkylation sites (tertiary alicyclic amines) is 1. The van der Waals surface area contributed by atoms with Crippen LogP contribution in [0, 0.1) is 12.8 Å². The van der Waals surface area contributed by atoms with Gasteiger partial charge in [0.25, 0.3) is 10.0 Å². The number of anilines is 1. The quantitative estimate of drug-likeness (QED) is 0.723. The van der Waals surface area contributed by atoms with Crippen LogP contribution >= 0.6 is 0 Å². The number of sulfonamides is 1. The molecule has 1 heterocycles. The molecule has 0 N–H and O–H groups in total. The van der Waals surface area contributed by atoms with Gasteiger partial charge in [0.1, 0.15) is 12.3 Å². The summed E-state index contributed by atoms with van der Waals surface area (Å²) in [6.07, 6.45) is 2.02. The van der Waals surface area contributed by atoms with Crippen molar-refractivity contribution in [2.24, 2.45) is 5.92 Å². The van der Waals surface area contributed by atoms with E-state index < -0.39 is 10.0 Å². The number of hydrogen-bond acceptors (Lipinski definition) is 4. The maximum Gasteiger partial charge on any atom is 0.264 e. The number of ether oxygens (including phenoxy) is 1. The molecule has 1 aliphatic heterocycles. The summed E-state index contributed by atoms with van der Waals surface area (Å²) in [5.41, 5.74) is 1.25. The van der Waals surface area contributed by atoms with Crippen molar-refractivity contribution in [1.82, 2.24) is 4.90 Å². The standard InChI is InChI=1S/C22H28N2O4S/c1-17-11-12-21(28-3)20(14-17)24(29(26,27)19-9-5-4-6-10-19)16-22(25)23-13-7-8-18(2)15-23/h4-6,9-12,14,18H,7-8,13,15-16H2,1-3H3. The Labute approximate surface area is 173 Å². The number of piperidine rings is 1. The number of hydrogen-bond donors (Lipinski definition) is 0. The molecule has 0 radical (unpaired) electrons. The number of carbonyl (C=O) groups excluding carboxylic acids is 1. The molecule has 0 bridgehead atoms. The van der Waals surface area contributed by atoms with E-state index in [9.17, 15) is 13.2 Å². The molecule has 1 aliphatic rings. The first kappa shape index (κ1) is 21.2. The van der Waals surface area contributed by atoms with E-state index in [1.165, 1.54) is 23.5 Å². The minimum Gasteiger partial charge on any atom is -0.495 e. The molecule has 6 nitrogen and oxygen atoms in total. The minimum atomic E-state index is -3.94. The van der Waals surface area contributed by atoms with Gasteiger partial charge in [-0.15, -0.1) is 0 Å². The van der Waals surface area contributed by atoms with Gasteiger partial charge in [-0.25, -0.2) is 8.42 Å². The Bertz CT molecular complexity index is 960. The topological polar surface area (TPSA) is 66.9 Å². The first-order chi connectivity index (χ1) is 13.8. The van der Waals surface area contributed by atoms with Crippen LogP contribution in [0.15, 0.2) is 53.4 Å². The molecule has 1 fully saturated rings. The Morgan fingerprint density at radius 2 is 1.93 bits per heavy atom.